The van der Waals surface area contributed by atoms with Crippen LogP contribution in [-0.2, 0) is 27.4 Å². The lowest BCUT2D eigenvalue weighted by Crippen LogP contribution is -2.61. The molecule has 3 N–H and O–H groups in total. The monoisotopic (exact) mass is 665 g/mol. The second-order valence-electron chi connectivity index (χ2n) is 15.6. The van der Waals surface area contributed by atoms with Crippen molar-refractivity contribution in [3.63, 3.8) is 0 Å². The Labute approximate surface area is 290 Å². The van der Waals surface area contributed by atoms with Gasteiger partial charge in [-0.05, 0) is 96.2 Å². The lowest BCUT2D eigenvalue weighted by molar-refractivity contribution is -0.277. The molecule has 2 heterocycles. The van der Waals surface area contributed by atoms with Crippen LogP contribution in [0.25, 0.3) is 11.1 Å². The third kappa shape index (κ3) is 7.31. The van der Waals surface area contributed by atoms with E-state index in [1.54, 1.807) is 0 Å². The summed E-state index contributed by atoms with van der Waals surface area (Å²) in [5, 5.41) is 16.2. The molecule has 8 nitrogen and oxygen atoms in total. The van der Waals surface area contributed by atoms with Gasteiger partial charge in [0.2, 0.25) is 0 Å². The molecule has 0 spiro atoms. The number of rotatable bonds is 9. The zero-order valence-corrected chi connectivity index (χ0v) is 28.7. The second-order valence-corrected chi connectivity index (χ2v) is 15.6. The standard InChI is InChI=1S/C41H51N3O5/c1-27-37(25-44-12-14-47-15-13-44)48-39(49-38(27)33-10-8-28(26-45)9-11-33)36-7-3-6-35(20-36)34-5-2-4-29(19-34)24-42-40(46)43-41-21-30-16-31(22-41)18-32(17-30)23-41/h2-11,19-20,27,30-32,37-39,45H,12-18,21-26H2,1H3,(H2,42,43,46). The van der Waals surface area contributed by atoms with Crippen LogP contribution in [0, 0.1) is 23.7 Å². The smallest absolute Gasteiger partial charge is 0.315 e. The fourth-order valence-corrected chi connectivity index (χ4v) is 9.82. The van der Waals surface area contributed by atoms with Gasteiger partial charge in [0.05, 0.1) is 32.0 Å². The van der Waals surface area contributed by atoms with Gasteiger partial charge in [-0.2, -0.15) is 0 Å². The molecule has 4 bridgehead atoms. The minimum atomic E-state index is -0.525. The van der Waals surface area contributed by atoms with Crippen LogP contribution in [0.1, 0.15) is 80.1 Å². The summed E-state index contributed by atoms with van der Waals surface area (Å²) in [7, 11) is 0. The number of morpholine rings is 1. The number of benzene rings is 3. The average molecular weight is 666 g/mol. The van der Waals surface area contributed by atoms with E-state index in [4.69, 9.17) is 14.2 Å². The van der Waals surface area contributed by atoms with Crippen molar-refractivity contribution >= 4 is 6.03 Å². The fourth-order valence-electron chi connectivity index (χ4n) is 9.82. The first-order chi connectivity index (χ1) is 23.9. The third-order valence-electron chi connectivity index (χ3n) is 12.0. The summed E-state index contributed by atoms with van der Waals surface area (Å²) in [6.07, 6.45) is 6.84. The summed E-state index contributed by atoms with van der Waals surface area (Å²) in [5.41, 5.74) is 6.20. The predicted octanol–water partition coefficient (Wildman–Crippen LogP) is 6.74. The molecule has 0 radical (unpaired) electrons. The number of nitrogens with one attached hydrogen (secondary N) is 2. The van der Waals surface area contributed by atoms with Crippen LogP contribution in [0.2, 0.25) is 0 Å². The van der Waals surface area contributed by atoms with E-state index in [-0.39, 0.29) is 36.3 Å². The van der Waals surface area contributed by atoms with Gasteiger partial charge in [0.15, 0.2) is 6.29 Å². The Morgan fingerprint density at radius 2 is 1.51 bits per heavy atom. The van der Waals surface area contributed by atoms with Gasteiger partial charge >= 0.3 is 6.03 Å². The first-order valence-corrected chi connectivity index (χ1v) is 18.5. The number of hydrogen-bond donors (Lipinski definition) is 3. The van der Waals surface area contributed by atoms with Crippen LogP contribution >= 0.6 is 0 Å². The van der Waals surface area contributed by atoms with E-state index in [0.29, 0.717) is 6.54 Å². The summed E-state index contributed by atoms with van der Waals surface area (Å²) in [4.78, 5) is 15.6. The molecule has 3 aromatic carbocycles. The maximum atomic E-state index is 13.1. The first-order valence-electron chi connectivity index (χ1n) is 18.5. The molecular weight excluding hydrogens is 614 g/mol. The molecule has 0 aromatic heterocycles. The summed E-state index contributed by atoms with van der Waals surface area (Å²) >= 11 is 0. The molecule has 4 unspecified atom stereocenters. The summed E-state index contributed by atoms with van der Waals surface area (Å²) in [5.74, 6) is 2.52. The zero-order chi connectivity index (χ0) is 33.4. The van der Waals surface area contributed by atoms with Crippen LogP contribution in [0.4, 0.5) is 4.79 Å². The molecule has 2 saturated heterocycles. The Bertz CT molecular complexity index is 1570. The van der Waals surface area contributed by atoms with Gasteiger partial charge in [-0.1, -0.05) is 67.6 Å². The van der Waals surface area contributed by atoms with E-state index in [1.807, 2.05) is 12.1 Å². The zero-order valence-electron chi connectivity index (χ0n) is 28.7. The quantitative estimate of drug-likeness (QED) is 0.235. The average Bonchev–Trinajstić information content (AvgIpc) is 3.11. The Morgan fingerprint density at radius 1 is 0.837 bits per heavy atom. The van der Waals surface area contributed by atoms with Crippen molar-refractivity contribution in [2.75, 3.05) is 32.8 Å². The largest absolute Gasteiger partial charge is 0.392 e. The molecule has 3 aromatic rings. The molecule has 2 aliphatic heterocycles. The van der Waals surface area contributed by atoms with E-state index >= 15 is 0 Å². The van der Waals surface area contributed by atoms with E-state index in [1.165, 1.54) is 19.3 Å². The maximum absolute atomic E-state index is 13.1. The maximum Gasteiger partial charge on any atom is 0.315 e. The number of carbonyl (C=O) groups is 1. The van der Waals surface area contributed by atoms with Crippen LogP contribution in [0.5, 0.6) is 0 Å². The number of hydrogen-bond acceptors (Lipinski definition) is 6. The normalized spacial score (nSPS) is 32.6. The van der Waals surface area contributed by atoms with Crippen LogP contribution in [-0.4, -0.2) is 60.5 Å². The Morgan fingerprint density at radius 3 is 2.20 bits per heavy atom. The fraction of sp³-hybridized carbons (Fsp3) is 0.537. The predicted molar refractivity (Wildman–Crippen MR) is 188 cm³/mol. The van der Waals surface area contributed by atoms with Gasteiger partial charge in [0.25, 0.3) is 0 Å². The van der Waals surface area contributed by atoms with E-state index in [2.05, 4.69) is 83.1 Å². The second kappa shape index (κ2) is 14.2. The molecule has 9 rings (SSSR count). The van der Waals surface area contributed by atoms with E-state index in [0.717, 1.165) is 103 Å². The molecule has 2 amide bonds. The molecule has 260 valence electrons. The Balaban J connectivity index is 0.964. The van der Waals surface area contributed by atoms with Gasteiger partial charge in [0.1, 0.15) is 0 Å². The first kappa shape index (κ1) is 32.9. The van der Waals surface area contributed by atoms with Crippen LogP contribution in [0.15, 0.2) is 72.8 Å². The summed E-state index contributed by atoms with van der Waals surface area (Å²) in [6, 6.07) is 24.9. The highest BCUT2D eigenvalue weighted by atomic mass is 16.7. The lowest BCUT2D eigenvalue weighted by atomic mass is 9.53. The van der Waals surface area contributed by atoms with Crippen molar-refractivity contribution in [1.82, 2.24) is 15.5 Å². The van der Waals surface area contributed by atoms with Gasteiger partial charge in [0, 0.05) is 43.2 Å². The number of amides is 2. The highest BCUT2D eigenvalue weighted by Crippen LogP contribution is 2.55. The minimum absolute atomic E-state index is 0.00522. The molecule has 49 heavy (non-hydrogen) atoms. The number of carbonyl (C=O) groups excluding carboxylic acids is 1. The van der Waals surface area contributed by atoms with Gasteiger partial charge in [-0.25, -0.2) is 4.79 Å². The number of urea groups is 1. The van der Waals surface area contributed by atoms with Crippen LogP contribution < -0.4 is 10.6 Å². The van der Waals surface area contributed by atoms with Gasteiger partial charge < -0.3 is 30.0 Å². The highest BCUT2D eigenvalue weighted by molar-refractivity contribution is 5.75. The molecule has 8 heteroatoms. The SMILES string of the molecule is CC1C(CN2CCOCC2)OC(c2cccc(-c3cccc(CNC(=O)NC45CC6CC(CC(C6)C4)C5)c3)c2)OC1c1ccc(CO)cc1. The lowest BCUT2D eigenvalue weighted by Gasteiger charge is -2.56. The number of ether oxygens (including phenoxy) is 3. The van der Waals surface area contributed by atoms with Crippen molar-refractivity contribution in [3.8, 4) is 11.1 Å². The number of aliphatic hydroxyl groups excluding tert-OH is 1. The van der Waals surface area contributed by atoms with Crippen LogP contribution in [0.3, 0.4) is 0 Å². The van der Waals surface area contributed by atoms with Gasteiger partial charge in [-0.3, -0.25) is 4.90 Å². The minimum Gasteiger partial charge on any atom is -0.392 e. The molecule has 4 aliphatic carbocycles. The summed E-state index contributed by atoms with van der Waals surface area (Å²) < 4.78 is 19.1. The van der Waals surface area contributed by atoms with Gasteiger partial charge in [-0.15, -0.1) is 0 Å². The molecule has 4 saturated carbocycles. The number of nitrogens with zero attached hydrogens (tertiary/aromatic N) is 1. The topological polar surface area (TPSA) is 92.3 Å². The summed E-state index contributed by atoms with van der Waals surface area (Å²) in [6.45, 7) is 6.83. The van der Waals surface area contributed by atoms with E-state index < -0.39 is 6.29 Å². The van der Waals surface area contributed by atoms with Crippen molar-refractivity contribution in [3.05, 3.63) is 95.1 Å². The number of aliphatic hydroxyl groups is 1. The molecule has 6 aliphatic rings. The van der Waals surface area contributed by atoms with E-state index in [9.17, 15) is 9.90 Å². The molecule has 6 fully saturated rings. The van der Waals surface area contributed by atoms with Crippen molar-refractivity contribution in [1.29, 1.82) is 0 Å². The third-order valence-corrected chi connectivity index (χ3v) is 12.0. The van der Waals surface area contributed by atoms with Crippen molar-refractivity contribution < 1.29 is 24.1 Å². The molecule has 4 atom stereocenters. The van der Waals surface area contributed by atoms with Crippen molar-refractivity contribution in [2.45, 2.75) is 82.6 Å². The van der Waals surface area contributed by atoms with Crippen molar-refractivity contribution in [2.24, 2.45) is 23.7 Å². The Hall–Kier alpha value is -3.27. The highest BCUT2D eigenvalue weighted by Gasteiger charge is 2.51. The Kier molecular flexibility index (Phi) is 9.51. The molecular formula is C41H51N3O5.